The molecule has 0 amide bonds. The van der Waals surface area contributed by atoms with Gasteiger partial charge in [-0.1, -0.05) is 30.7 Å². The second-order valence-electron chi connectivity index (χ2n) is 8.85. The largest absolute Gasteiger partial charge is 0.411 e. The number of allylic oxidation sites excluding steroid dienone is 1. The number of hydrogen-bond acceptors (Lipinski definition) is 4. The van der Waals surface area contributed by atoms with Crippen molar-refractivity contribution in [2.45, 2.75) is 71.0 Å². The average molecular weight is 319 g/mol. The molecule has 4 aliphatic carbocycles. The average Bonchev–Trinajstić information content (AvgIpc) is 2.77. The number of aliphatic hydroxyl groups is 2. The predicted octanol–water partition coefficient (Wildman–Crippen LogP) is 3.11. The first-order chi connectivity index (χ1) is 10.9. The second-order valence-corrected chi connectivity index (χ2v) is 8.85. The molecule has 0 unspecified atom stereocenters. The highest BCUT2D eigenvalue weighted by Crippen LogP contribution is 2.64. The Hall–Kier alpha value is -0.870. The van der Waals surface area contributed by atoms with Crippen molar-refractivity contribution in [3.8, 4) is 0 Å². The van der Waals surface area contributed by atoms with Crippen molar-refractivity contribution in [2.75, 3.05) is 0 Å². The first kappa shape index (κ1) is 15.6. The van der Waals surface area contributed by atoms with E-state index in [4.69, 9.17) is 0 Å². The van der Waals surface area contributed by atoms with Crippen molar-refractivity contribution in [2.24, 2.45) is 33.7 Å². The molecule has 0 aliphatic heterocycles. The monoisotopic (exact) mass is 319 g/mol. The van der Waals surface area contributed by atoms with Gasteiger partial charge in [-0.2, -0.15) is 0 Å². The van der Waals surface area contributed by atoms with E-state index in [1.54, 1.807) is 0 Å². The lowest BCUT2D eigenvalue weighted by Gasteiger charge is -2.56. The molecule has 0 heterocycles. The Morgan fingerprint density at radius 1 is 1.09 bits per heavy atom. The zero-order chi connectivity index (χ0) is 16.4. The third-order valence-corrected chi connectivity index (χ3v) is 7.95. The molecule has 3 N–H and O–H groups in total. The number of rotatable bonds is 0. The Bertz CT molecular complexity index is 571. The van der Waals surface area contributed by atoms with Gasteiger partial charge in [0.1, 0.15) is 0 Å². The van der Waals surface area contributed by atoms with Crippen LogP contribution in [0.25, 0.3) is 0 Å². The van der Waals surface area contributed by atoms with Crippen molar-refractivity contribution in [3.05, 3.63) is 11.6 Å². The first-order valence-corrected chi connectivity index (χ1v) is 9.18. The van der Waals surface area contributed by atoms with E-state index in [1.165, 1.54) is 5.57 Å². The Balaban J connectivity index is 1.70. The van der Waals surface area contributed by atoms with Crippen LogP contribution >= 0.6 is 0 Å². The molecule has 0 radical (unpaired) electrons. The summed E-state index contributed by atoms with van der Waals surface area (Å²) in [6, 6.07) is 0. The highest BCUT2D eigenvalue weighted by Gasteiger charge is 2.60. The highest BCUT2D eigenvalue weighted by atomic mass is 16.4. The summed E-state index contributed by atoms with van der Waals surface area (Å²) < 4.78 is 0. The van der Waals surface area contributed by atoms with Gasteiger partial charge in [0.15, 0.2) is 0 Å². The first-order valence-electron chi connectivity index (χ1n) is 9.18. The van der Waals surface area contributed by atoms with Crippen LogP contribution in [-0.2, 0) is 0 Å². The third kappa shape index (κ3) is 2.00. The van der Waals surface area contributed by atoms with E-state index < -0.39 is 6.10 Å². The van der Waals surface area contributed by atoms with Gasteiger partial charge in [0.05, 0.1) is 17.9 Å². The maximum Gasteiger partial charge on any atom is 0.0963 e. The summed E-state index contributed by atoms with van der Waals surface area (Å²) in [5.74, 6) is 1.61. The van der Waals surface area contributed by atoms with Gasteiger partial charge in [-0.15, -0.1) is 0 Å². The molecule has 128 valence electrons. The molecule has 4 aliphatic rings. The maximum atomic E-state index is 10.4. The van der Waals surface area contributed by atoms with E-state index in [2.05, 4.69) is 25.1 Å². The van der Waals surface area contributed by atoms with Crippen LogP contribution in [0.3, 0.4) is 0 Å². The van der Waals surface area contributed by atoms with Crippen molar-refractivity contribution in [1.29, 1.82) is 0 Å². The van der Waals surface area contributed by atoms with Crippen LogP contribution in [0.5, 0.6) is 0 Å². The summed E-state index contributed by atoms with van der Waals surface area (Å²) in [4.78, 5) is 0. The van der Waals surface area contributed by atoms with Gasteiger partial charge >= 0.3 is 0 Å². The molecule has 3 fully saturated rings. The molecule has 0 aromatic carbocycles. The molecule has 23 heavy (non-hydrogen) atoms. The number of fused-ring (bicyclic) bond motifs is 5. The van der Waals surface area contributed by atoms with E-state index in [-0.39, 0.29) is 16.9 Å². The lowest BCUT2D eigenvalue weighted by Crippen LogP contribution is -2.50. The maximum absolute atomic E-state index is 10.4. The number of oxime groups is 1. The standard InChI is InChI=1S/C19H29NO3/c1-18-7-5-12(21)9-11(18)3-4-13-14(18)6-8-19(2)15(13)10-16(22)17(19)20-23/h3,12-16,21-23H,4-10H2,1-2H3/t12-,13+,14-,15-,16-,18-,19-/m0/s1. The molecule has 4 rings (SSSR count). The Morgan fingerprint density at radius 3 is 2.57 bits per heavy atom. The molecule has 4 nitrogen and oxygen atoms in total. The summed E-state index contributed by atoms with van der Waals surface area (Å²) >= 11 is 0. The summed E-state index contributed by atoms with van der Waals surface area (Å²) in [6.45, 7) is 4.59. The van der Waals surface area contributed by atoms with Crippen LogP contribution in [0.15, 0.2) is 16.8 Å². The van der Waals surface area contributed by atoms with Crippen molar-refractivity contribution in [1.82, 2.24) is 0 Å². The molecule has 0 spiro atoms. The predicted molar refractivity (Wildman–Crippen MR) is 88.3 cm³/mol. The zero-order valence-corrected chi connectivity index (χ0v) is 14.2. The molecular formula is C19H29NO3. The van der Waals surface area contributed by atoms with Crippen LogP contribution < -0.4 is 0 Å². The van der Waals surface area contributed by atoms with Crippen LogP contribution in [0, 0.1) is 28.6 Å². The normalized spacial score (nSPS) is 54.2. The molecule has 3 saturated carbocycles. The molecule has 0 bridgehead atoms. The molecule has 0 saturated heterocycles. The summed E-state index contributed by atoms with van der Waals surface area (Å²) in [5.41, 5.74) is 2.15. The van der Waals surface area contributed by atoms with Crippen LogP contribution in [0.1, 0.15) is 58.8 Å². The Labute approximate surface area is 138 Å². The summed E-state index contributed by atoms with van der Waals surface area (Å²) in [7, 11) is 0. The van der Waals surface area contributed by atoms with E-state index >= 15 is 0 Å². The van der Waals surface area contributed by atoms with Gasteiger partial charge in [-0.25, -0.2) is 0 Å². The zero-order valence-electron chi connectivity index (χ0n) is 14.2. The minimum atomic E-state index is -0.583. The molecular weight excluding hydrogens is 290 g/mol. The Kier molecular flexibility index (Phi) is 3.44. The summed E-state index contributed by atoms with van der Waals surface area (Å²) in [6.07, 6.45) is 8.38. The smallest absolute Gasteiger partial charge is 0.0963 e. The molecule has 7 atom stereocenters. The SMILES string of the molecule is C[C@]12CC[C@H](O)CC1=CC[C@@H]1[C@@H]2CC[C@]2(C)C(=NO)[C@@H](O)C[C@@H]12. The number of aliphatic hydroxyl groups excluding tert-OH is 2. The van der Waals surface area contributed by atoms with E-state index in [9.17, 15) is 15.4 Å². The molecule has 0 aromatic heterocycles. The quantitative estimate of drug-likeness (QED) is 0.365. The summed E-state index contributed by atoms with van der Waals surface area (Å²) in [5, 5.41) is 33.3. The minimum absolute atomic E-state index is 0.148. The van der Waals surface area contributed by atoms with Gasteiger partial charge in [-0.3, -0.25) is 0 Å². The van der Waals surface area contributed by atoms with Crippen LogP contribution in [0.4, 0.5) is 0 Å². The van der Waals surface area contributed by atoms with E-state index in [0.29, 0.717) is 23.5 Å². The topological polar surface area (TPSA) is 73.1 Å². The second kappa shape index (κ2) is 5.06. The lowest BCUT2D eigenvalue weighted by atomic mass is 9.48. The van der Waals surface area contributed by atoms with Crippen molar-refractivity contribution in [3.63, 3.8) is 0 Å². The fraction of sp³-hybridized carbons (Fsp3) is 0.842. The molecule has 0 aromatic rings. The fourth-order valence-corrected chi connectivity index (χ4v) is 6.63. The van der Waals surface area contributed by atoms with Gasteiger partial charge in [0, 0.05) is 5.41 Å². The van der Waals surface area contributed by atoms with Crippen LogP contribution in [-0.4, -0.2) is 33.3 Å². The van der Waals surface area contributed by atoms with Crippen LogP contribution in [0.2, 0.25) is 0 Å². The van der Waals surface area contributed by atoms with Gasteiger partial charge < -0.3 is 15.4 Å². The van der Waals surface area contributed by atoms with Crippen molar-refractivity contribution >= 4 is 5.71 Å². The van der Waals surface area contributed by atoms with E-state index in [0.717, 1.165) is 44.9 Å². The van der Waals surface area contributed by atoms with Crippen molar-refractivity contribution < 1.29 is 15.4 Å². The number of hydrogen-bond donors (Lipinski definition) is 3. The van der Waals surface area contributed by atoms with Gasteiger partial charge in [-0.05, 0) is 68.1 Å². The third-order valence-electron chi connectivity index (χ3n) is 7.95. The molecule has 4 heteroatoms. The Morgan fingerprint density at radius 2 is 1.83 bits per heavy atom. The van der Waals surface area contributed by atoms with Gasteiger partial charge in [0.25, 0.3) is 0 Å². The van der Waals surface area contributed by atoms with E-state index in [1.807, 2.05) is 0 Å². The fourth-order valence-electron chi connectivity index (χ4n) is 6.63. The minimum Gasteiger partial charge on any atom is -0.411 e. The lowest BCUT2D eigenvalue weighted by molar-refractivity contribution is -0.0236. The highest BCUT2D eigenvalue weighted by molar-refractivity contribution is 5.95. The number of nitrogens with zero attached hydrogens (tertiary/aromatic N) is 1. The van der Waals surface area contributed by atoms with Gasteiger partial charge in [0.2, 0.25) is 0 Å².